The number of rotatable bonds is 24. The van der Waals surface area contributed by atoms with Crippen LogP contribution < -0.4 is 15.3 Å². The molecule has 0 aliphatic carbocycles. The Morgan fingerprint density at radius 3 is 0.676 bits per heavy atom. The molecule has 0 bridgehead atoms. The second kappa shape index (κ2) is 40.3. The molecule has 7 heteroatoms. The van der Waals surface area contributed by atoms with E-state index in [1.165, 1.54) is 96.3 Å². The van der Waals surface area contributed by atoms with Crippen LogP contribution in [0.4, 0.5) is 0 Å². The molecular weight excluding hydrogens is 596 g/mol. The minimum Gasteiger partial charge on any atom is -0.550 e. The van der Waals surface area contributed by atoms with Crippen LogP contribution >= 0.6 is 0 Å². The summed E-state index contributed by atoms with van der Waals surface area (Å²) < 4.78 is 0. The Hall–Kier alpha value is -0.213. The van der Waals surface area contributed by atoms with Crippen LogP contribution in [0.1, 0.15) is 175 Å². The molecule has 0 aromatic heterocycles. The summed E-state index contributed by atoms with van der Waals surface area (Å²) in [6, 6.07) is 0. The van der Waals surface area contributed by atoms with Crippen molar-refractivity contribution in [2.24, 2.45) is 0 Å². The Labute approximate surface area is 262 Å². The minimum atomic E-state index is -0.913. The van der Waals surface area contributed by atoms with Crippen LogP contribution in [0, 0.1) is 41.7 Å². The number of hydrogen-bond donors (Lipinski definition) is 0. The summed E-state index contributed by atoms with van der Waals surface area (Å²) in [6.07, 6.45) is 25.0. The van der Waals surface area contributed by atoms with Gasteiger partial charge in [0.1, 0.15) is 0 Å². The second-order valence-corrected chi connectivity index (χ2v) is 9.73. The second-order valence-electron chi connectivity index (χ2n) is 9.73. The van der Waals surface area contributed by atoms with Gasteiger partial charge in [0.25, 0.3) is 0 Å². The number of carboxylic acids is 3. The Morgan fingerprint density at radius 1 is 0.351 bits per heavy atom. The molecule has 6 nitrogen and oxygen atoms in total. The zero-order chi connectivity index (χ0) is 27.7. The maximum Gasteiger partial charge on any atom is 3.00 e. The van der Waals surface area contributed by atoms with E-state index in [0.717, 1.165) is 38.5 Å². The molecule has 37 heavy (non-hydrogen) atoms. The first-order valence-corrected chi connectivity index (χ1v) is 14.9. The maximum atomic E-state index is 10.0. The van der Waals surface area contributed by atoms with E-state index in [2.05, 4.69) is 20.8 Å². The first-order chi connectivity index (χ1) is 17.3. The molecule has 0 fully saturated rings. The van der Waals surface area contributed by atoms with Gasteiger partial charge in [-0.2, -0.15) is 0 Å². The van der Waals surface area contributed by atoms with Crippen LogP contribution in [0.25, 0.3) is 0 Å². The van der Waals surface area contributed by atoms with Crippen molar-refractivity contribution >= 4 is 17.9 Å². The fourth-order valence-corrected chi connectivity index (χ4v) is 3.68. The molecule has 0 saturated carbocycles. The van der Waals surface area contributed by atoms with Crippen molar-refractivity contribution in [2.75, 3.05) is 0 Å². The molecule has 0 saturated heterocycles. The van der Waals surface area contributed by atoms with Gasteiger partial charge in [-0.1, -0.05) is 136 Å². The third-order valence-corrected chi connectivity index (χ3v) is 5.95. The van der Waals surface area contributed by atoms with Crippen molar-refractivity contribution < 1.29 is 71.5 Å². The van der Waals surface area contributed by atoms with Crippen molar-refractivity contribution in [3.8, 4) is 0 Å². The van der Waals surface area contributed by atoms with E-state index in [4.69, 9.17) is 0 Å². The largest absolute Gasteiger partial charge is 3.00 e. The van der Waals surface area contributed by atoms with Crippen molar-refractivity contribution in [3.63, 3.8) is 0 Å². The number of carbonyl (C=O) groups is 3. The predicted octanol–water partition coefficient (Wildman–Crippen LogP) is 5.63. The fraction of sp³-hybridized carbons (Fsp3) is 0.900. The van der Waals surface area contributed by atoms with E-state index in [9.17, 15) is 29.7 Å². The van der Waals surface area contributed by atoms with Crippen LogP contribution in [-0.2, 0) is 14.4 Å². The van der Waals surface area contributed by atoms with Crippen LogP contribution in [0.3, 0.4) is 0 Å². The number of hydrogen-bond acceptors (Lipinski definition) is 6. The summed E-state index contributed by atoms with van der Waals surface area (Å²) in [4.78, 5) is 30.1. The molecule has 0 heterocycles. The van der Waals surface area contributed by atoms with Crippen molar-refractivity contribution in [1.82, 2.24) is 0 Å². The van der Waals surface area contributed by atoms with Gasteiger partial charge in [-0.25, -0.2) is 0 Å². The van der Waals surface area contributed by atoms with Crippen LogP contribution in [0.5, 0.6) is 0 Å². The van der Waals surface area contributed by atoms with Gasteiger partial charge in [0.05, 0.1) is 0 Å². The van der Waals surface area contributed by atoms with Gasteiger partial charge in [0, 0.05) is 17.9 Å². The molecule has 0 rings (SSSR count). The summed E-state index contributed by atoms with van der Waals surface area (Å²) in [5, 5.41) is 30.1. The predicted molar refractivity (Wildman–Crippen MR) is 143 cm³/mol. The summed E-state index contributed by atoms with van der Waals surface area (Å²) in [7, 11) is 0. The van der Waals surface area contributed by atoms with Crippen LogP contribution in [0.2, 0.25) is 0 Å². The van der Waals surface area contributed by atoms with E-state index in [-0.39, 0.29) is 61.0 Å². The molecule has 0 aliphatic rings. The summed E-state index contributed by atoms with van der Waals surface area (Å²) in [5.41, 5.74) is 0. The normalized spacial score (nSPS) is 9.81. The first-order valence-electron chi connectivity index (χ1n) is 14.9. The molecule has 0 N–H and O–H groups in total. The molecule has 0 spiro atoms. The van der Waals surface area contributed by atoms with Crippen molar-refractivity contribution in [3.05, 3.63) is 0 Å². The zero-order valence-electron chi connectivity index (χ0n) is 24.4. The number of aliphatic carboxylic acids is 3. The molecule has 0 aliphatic heterocycles. The van der Waals surface area contributed by atoms with Crippen molar-refractivity contribution in [1.29, 1.82) is 0 Å². The fourth-order valence-electron chi connectivity index (χ4n) is 3.68. The van der Waals surface area contributed by atoms with Crippen molar-refractivity contribution in [2.45, 2.75) is 175 Å². The third-order valence-electron chi connectivity index (χ3n) is 5.95. The SMILES string of the molecule is CCCCCCCCCC(=O)[O-].CCCCCCCCCC(=O)[O-].CCCCCCCCCC(=O)[O-].[Ce+3]. The van der Waals surface area contributed by atoms with Gasteiger partial charge in [0.2, 0.25) is 0 Å². The quantitative estimate of drug-likeness (QED) is 0.125. The van der Waals surface area contributed by atoms with Gasteiger partial charge in [-0.05, 0) is 38.5 Å². The summed E-state index contributed by atoms with van der Waals surface area (Å²) >= 11 is 0. The third kappa shape index (κ3) is 56.9. The number of carbonyl (C=O) groups excluding carboxylic acids is 3. The van der Waals surface area contributed by atoms with E-state index in [1.807, 2.05) is 0 Å². The van der Waals surface area contributed by atoms with E-state index in [1.54, 1.807) is 0 Å². The molecule has 0 amide bonds. The smallest absolute Gasteiger partial charge is 0.550 e. The average molecular weight is 654 g/mol. The molecule has 0 unspecified atom stereocenters. The zero-order valence-corrected chi connectivity index (χ0v) is 27.6. The van der Waals surface area contributed by atoms with Gasteiger partial charge < -0.3 is 29.7 Å². The van der Waals surface area contributed by atoms with Gasteiger partial charge in [-0.15, -0.1) is 0 Å². The maximum absolute atomic E-state index is 10.0. The standard InChI is InChI=1S/3C10H20O2.Ce/c3*1-2-3-4-5-6-7-8-9-10(11)12;/h3*2-9H2,1H3,(H,11,12);/q;;;+3/p-3. The molecule has 1 radical (unpaired) electrons. The minimum absolute atomic E-state index is 0. The monoisotopic (exact) mass is 653 g/mol. The molecule has 217 valence electrons. The summed E-state index contributed by atoms with van der Waals surface area (Å²) in [5.74, 6) is -2.74. The Kier molecular flexibility index (Phi) is 47.7. The molecule has 0 atom stereocenters. The molecule has 0 aromatic rings. The van der Waals surface area contributed by atoms with Gasteiger partial charge >= 0.3 is 41.7 Å². The van der Waals surface area contributed by atoms with Gasteiger partial charge in [-0.3, -0.25) is 0 Å². The Balaban J connectivity index is -0.000000218. The first kappa shape index (κ1) is 43.8. The van der Waals surface area contributed by atoms with Crippen LogP contribution in [-0.4, -0.2) is 17.9 Å². The Bertz CT molecular complexity index is 404. The average Bonchev–Trinajstić information content (AvgIpc) is 2.83. The molecular formula is C30H57CeO6. The Morgan fingerprint density at radius 2 is 0.514 bits per heavy atom. The number of unbranched alkanes of at least 4 members (excludes halogenated alkanes) is 18. The van der Waals surface area contributed by atoms with E-state index in [0.29, 0.717) is 0 Å². The topological polar surface area (TPSA) is 120 Å². The molecule has 0 aromatic carbocycles. The van der Waals surface area contributed by atoms with E-state index >= 15 is 0 Å². The van der Waals surface area contributed by atoms with E-state index < -0.39 is 17.9 Å². The summed E-state index contributed by atoms with van der Waals surface area (Å²) in [6.45, 7) is 6.57. The van der Waals surface area contributed by atoms with Crippen LogP contribution in [0.15, 0.2) is 0 Å². The number of carboxylic acid groups (broad SMARTS) is 3. The van der Waals surface area contributed by atoms with Gasteiger partial charge in [0.15, 0.2) is 0 Å².